The lowest BCUT2D eigenvalue weighted by atomic mass is 9.97. The highest BCUT2D eigenvalue weighted by Crippen LogP contribution is 2.38. The second kappa shape index (κ2) is 5.14. The topological polar surface area (TPSA) is 29.5 Å². The van der Waals surface area contributed by atoms with Crippen molar-refractivity contribution in [1.29, 1.82) is 0 Å². The Morgan fingerprint density at radius 2 is 1.90 bits per heavy atom. The van der Waals surface area contributed by atoms with Crippen molar-refractivity contribution in [3.63, 3.8) is 0 Å². The maximum absolute atomic E-state index is 13.9. The number of hydrogen-bond donors (Lipinski definition) is 1. The SMILES string of the molecule is OC(c1cccc2c1OCC2)c1c(F)cc(Br)cc1F. The fourth-order valence-electron chi connectivity index (χ4n) is 2.43. The molecule has 1 aliphatic rings. The number of aliphatic hydroxyl groups excluding tert-OH is 1. The molecule has 0 saturated heterocycles. The molecule has 5 heteroatoms. The third kappa shape index (κ3) is 2.21. The molecule has 1 aliphatic heterocycles. The van der Waals surface area contributed by atoms with Gasteiger partial charge in [0, 0.05) is 16.5 Å². The van der Waals surface area contributed by atoms with E-state index in [2.05, 4.69) is 15.9 Å². The molecular formula is C15H11BrF2O2. The summed E-state index contributed by atoms with van der Waals surface area (Å²) in [6.45, 7) is 0.518. The molecule has 2 nitrogen and oxygen atoms in total. The third-order valence-corrected chi connectivity index (χ3v) is 3.81. The van der Waals surface area contributed by atoms with Gasteiger partial charge in [-0.15, -0.1) is 0 Å². The van der Waals surface area contributed by atoms with Gasteiger partial charge >= 0.3 is 0 Å². The molecule has 0 aromatic heterocycles. The quantitative estimate of drug-likeness (QED) is 0.902. The van der Waals surface area contributed by atoms with Crippen LogP contribution >= 0.6 is 15.9 Å². The smallest absolute Gasteiger partial charge is 0.133 e. The first-order valence-electron chi connectivity index (χ1n) is 6.15. The maximum atomic E-state index is 13.9. The van der Waals surface area contributed by atoms with Crippen LogP contribution in [0.25, 0.3) is 0 Å². The Hall–Kier alpha value is -1.46. The lowest BCUT2D eigenvalue weighted by molar-refractivity contribution is 0.203. The van der Waals surface area contributed by atoms with E-state index in [0.717, 1.165) is 24.1 Å². The Bertz CT molecular complexity index is 650. The molecule has 3 rings (SSSR count). The highest BCUT2D eigenvalue weighted by atomic mass is 79.9. The van der Waals surface area contributed by atoms with Gasteiger partial charge in [-0.3, -0.25) is 0 Å². The number of aliphatic hydroxyl groups is 1. The average molecular weight is 341 g/mol. The van der Waals surface area contributed by atoms with Crippen molar-refractivity contribution in [2.45, 2.75) is 12.5 Å². The van der Waals surface area contributed by atoms with Gasteiger partial charge in [0.15, 0.2) is 0 Å². The zero-order valence-corrected chi connectivity index (χ0v) is 12.0. The van der Waals surface area contributed by atoms with E-state index in [1.54, 1.807) is 12.1 Å². The van der Waals surface area contributed by atoms with E-state index in [9.17, 15) is 13.9 Å². The van der Waals surface area contributed by atoms with Crippen LogP contribution in [0, 0.1) is 11.6 Å². The van der Waals surface area contributed by atoms with Gasteiger partial charge in [-0.25, -0.2) is 8.78 Å². The molecule has 1 N–H and O–H groups in total. The van der Waals surface area contributed by atoms with Crippen molar-refractivity contribution in [2.75, 3.05) is 6.61 Å². The number of rotatable bonds is 2. The first-order chi connectivity index (χ1) is 9.58. The molecule has 0 radical (unpaired) electrons. The summed E-state index contributed by atoms with van der Waals surface area (Å²) in [5.41, 5.74) is 0.969. The summed E-state index contributed by atoms with van der Waals surface area (Å²) in [6, 6.07) is 7.51. The highest BCUT2D eigenvalue weighted by Gasteiger charge is 2.26. The van der Waals surface area contributed by atoms with Gasteiger partial charge in [-0.1, -0.05) is 34.1 Å². The van der Waals surface area contributed by atoms with Gasteiger partial charge in [-0.05, 0) is 17.7 Å². The Kier molecular flexibility index (Phi) is 3.48. The summed E-state index contributed by atoms with van der Waals surface area (Å²) in [6.07, 6.45) is -0.655. The van der Waals surface area contributed by atoms with Gasteiger partial charge in [0.1, 0.15) is 23.5 Å². The van der Waals surface area contributed by atoms with E-state index in [1.807, 2.05) is 6.07 Å². The highest BCUT2D eigenvalue weighted by molar-refractivity contribution is 9.10. The zero-order valence-electron chi connectivity index (χ0n) is 10.4. The van der Waals surface area contributed by atoms with Crippen LogP contribution < -0.4 is 4.74 Å². The minimum atomic E-state index is -1.39. The molecule has 1 atom stereocenters. The second-order valence-corrected chi connectivity index (χ2v) is 5.54. The minimum absolute atomic E-state index is 0.290. The molecule has 0 saturated carbocycles. The van der Waals surface area contributed by atoms with Crippen molar-refractivity contribution in [2.24, 2.45) is 0 Å². The predicted octanol–water partition coefficient (Wildman–Crippen LogP) is 3.74. The number of fused-ring (bicyclic) bond motifs is 1. The molecule has 0 fully saturated rings. The largest absolute Gasteiger partial charge is 0.493 e. The fourth-order valence-corrected chi connectivity index (χ4v) is 2.83. The van der Waals surface area contributed by atoms with Crippen molar-refractivity contribution in [3.8, 4) is 5.75 Å². The van der Waals surface area contributed by atoms with Crippen LogP contribution in [0.3, 0.4) is 0 Å². The number of halogens is 3. The number of ether oxygens (including phenoxy) is 1. The molecule has 2 aromatic carbocycles. The summed E-state index contributed by atoms with van der Waals surface area (Å²) < 4.78 is 33.6. The van der Waals surface area contributed by atoms with Crippen LogP contribution in [0.4, 0.5) is 8.78 Å². The maximum Gasteiger partial charge on any atom is 0.133 e. The van der Waals surface area contributed by atoms with Crippen molar-refractivity contribution in [1.82, 2.24) is 0 Å². The Labute approximate surface area is 123 Å². The normalized spacial score (nSPS) is 14.8. The molecule has 0 amide bonds. The van der Waals surface area contributed by atoms with Crippen LogP contribution in [0.2, 0.25) is 0 Å². The summed E-state index contributed by atoms with van der Waals surface area (Å²) in [5.74, 6) is -1.05. The van der Waals surface area contributed by atoms with Gasteiger partial charge in [0.2, 0.25) is 0 Å². The molecule has 1 unspecified atom stereocenters. The lowest BCUT2D eigenvalue weighted by Crippen LogP contribution is -2.07. The molecule has 104 valence electrons. The molecule has 0 bridgehead atoms. The van der Waals surface area contributed by atoms with E-state index < -0.39 is 17.7 Å². The molecule has 1 heterocycles. The minimum Gasteiger partial charge on any atom is -0.493 e. The summed E-state index contributed by atoms with van der Waals surface area (Å²) >= 11 is 3.02. The number of para-hydroxylation sites is 1. The second-order valence-electron chi connectivity index (χ2n) is 4.62. The zero-order chi connectivity index (χ0) is 14.3. The van der Waals surface area contributed by atoms with E-state index in [-0.39, 0.29) is 10.0 Å². The van der Waals surface area contributed by atoms with Crippen LogP contribution in [-0.2, 0) is 6.42 Å². The number of benzene rings is 2. The van der Waals surface area contributed by atoms with E-state index in [0.29, 0.717) is 17.9 Å². The molecule has 2 aromatic rings. The third-order valence-electron chi connectivity index (χ3n) is 3.36. The Balaban J connectivity index is 2.10. The molecule has 0 aliphatic carbocycles. The fraction of sp³-hybridized carbons (Fsp3) is 0.200. The number of hydrogen-bond acceptors (Lipinski definition) is 2. The van der Waals surface area contributed by atoms with Crippen molar-refractivity contribution >= 4 is 15.9 Å². The lowest BCUT2D eigenvalue weighted by Gasteiger charge is -2.16. The van der Waals surface area contributed by atoms with Gasteiger partial charge in [0.25, 0.3) is 0 Å². The Morgan fingerprint density at radius 3 is 2.60 bits per heavy atom. The Morgan fingerprint density at radius 1 is 1.20 bits per heavy atom. The molecule has 0 spiro atoms. The summed E-state index contributed by atoms with van der Waals surface area (Å²) in [7, 11) is 0. The van der Waals surface area contributed by atoms with Crippen LogP contribution in [0.5, 0.6) is 5.75 Å². The molecular weight excluding hydrogens is 330 g/mol. The first-order valence-corrected chi connectivity index (χ1v) is 6.94. The average Bonchev–Trinajstić information content (AvgIpc) is 2.85. The van der Waals surface area contributed by atoms with Gasteiger partial charge in [0.05, 0.1) is 12.2 Å². The summed E-state index contributed by atoms with van der Waals surface area (Å²) in [5, 5.41) is 10.3. The monoisotopic (exact) mass is 340 g/mol. The van der Waals surface area contributed by atoms with E-state index >= 15 is 0 Å². The standard InChI is InChI=1S/C15H11BrF2O2/c16-9-6-11(17)13(12(18)7-9)14(19)10-3-1-2-8-4-5-20-15(8)10/h1-3,6-7,14,19H,4-5H2. The van der Waals surface area contributed by atoms with E-state index in [1.165, 1.54) is 0 Å². The van der Waals surface area contributed by atoms with Crippen LogP contribution in [0.15, 0.2) is 34.8 Å². The van der Waals surface area contributed by atoms with Crippen molar-refractivity contribution < 1.29 is 18.6 Å². The van der Waals surface area contributed by atoms with Crippen LogP contribution in [-0.4, -0.2) is 11.7 Å². The molecule has 20 heavy (non-hydrogen) atoms. The van der Waals surface area contributed by atoms with Crippen molar-refractivity contribution in [3.05, 3.63) is 63.1 Å². The van der Waals surface area contributed by atoms with Crippen LogP contribution in [0.1, 0.15) is 22.8 Å². The predicted molar refractivity (Wildman–Crippen MR) is 73.8 cm³/mol. The summed E-state index contributed by atoms with van der Waals surface area (Å²) in [4.78, 5) is 0. The van der Waals surface area contributed by atoms with Gasteiger partial charge in [-0.2, -0.15) is 0 Å². The van der Waals surface area contributed by atoms with Gasteiger partial charge < -0.3 is 9.84 Å². The first kappa shape index (κ1) is 13.5. The van der Waals surface area contributed by atoms with E-state index in [4.69, 9.17) is 4.74 Å².